The summed E-state index contributed by atoms with van der Waals surface area (Å²) in [6, 6.07) is 2.25. The Morgan fingerprint density at radius 1 is 1.56 bits per heavy atom. The lowest BCUT2D eigenvalue weighted by Gasteiger charge is -2.08. The molecule has 0 bridgehead atoms. The van der Waals surface area contributed by atoms with Crippen molar-refractivity contribution in [2.45, 2.75) is 17.9 Å². The number of benzene rings is 1. The van der Waals surface area contributed by atoms with Gasteiger partial charge in [0.15, 0.2) is 0 Å². The van der Waals surface area contributed by atoms with Crippen molar-refractivity contribution in [3.8, 4) is 0 Å². The van der Waals surface area contributed by atoms with Crippen molar-refractivity contribution < 1.29 is 22.8 Å². The molecule has 0 aliphatic heterocycles. The predicted molar refractivity (Wildman–Crippen MR) is 59.9 cm³/mol. The van der Waals surface area contributed by atoms with Gasteiger partial charge in [0.1, 0.15) is 0 Å². The highest BCUT2D eigenvalue weighted by Gasteiger charge is 2.20. The van der Waals surface area contributed by atoms with Crippen molar-refractivity contribution in [1.29, 1.82) is 0 Å². The first-order valence-electron chi connectivity index (χ1n) is 4.85. The summed E-state index contributed by atoms with van der Waals surface area (Å²) in [5, 5.41) is 19.3. The molecule has 0 aliphatic rings. The second kappa shape index (κ2) is 5.38. The lowest BCUT2D eigenvalue weighted by Crippen LogP contribution is -2.30. The minimum atomic E-state index is -3.99. The van der Waals surface area contributed by atoms with E-state index in [0.29, 0.717) is 6.07 Å². The van der Waals surface area contributed by atoms with E-state index in [0.717, 1.165) is 12.1 Å². The van der Waals surface area contributed by atoms with Crippen LogP contribution in [-0.4, -0.2) is 31.1 Å². The van der Waals surface area contributed by atoms with Gasteiger partial charge in [0, 0.05) is 18.7 Å². The number of nitrogens with one attached hydrogen (secondary N) is 1. The van der Waals surface area contributed by atoms with Crippen LogP contribution in [0.1, 0.15) is 6.92 Å². The Hall–Kier alpha value is -1.58. The van der Waals surface area contributed by atoms with E-state index in [2.05, 4.69) is 0 Å². The minimum absolute atomic E-state index is 0.235. The monoisotopic (exact) mass is 278 g/mol. The topological polar surface area (TPSA) is 110 Å². The molecule has 0 aromatic heterocycles. The standard InChI is InChI=1S/C9H11FN2O5S/c1-6(13)5-11-18(16,17)7-2-3-9(12(14)15)8(10)4-7/h2-4,6,11,13H,5H2,1H3/t6-/m1/s1. The first kappa shape index (κ1) is 14.5. The van der Waals surface area contributed by atoms with Gasteiger partial charge in [0.25, 0.3) is 0 Å². The number of hydrogen-bond donors (Lipinski definition) is 2. The smallest absolute Gasteiger partial charge is 0.304 e. The predicted octanol–water partition coefficient (Wildman–Crippen LogP) is 0.393. The zero-order valence-corrected chi connectivity index (χ0v) is 10.1. The summed E-state index contributed by atoms with van der Waals surface area (Å²) >= 11 is 0. The summed E-state index contributed by atoms with van der Waals surface area (Å²) in [5.74, 6) is -1.24. The molecule has 1 atom stereocenters. The third-order valence-corrected chi connectivity index (χ3v) is 3.42. The molecule has 18 heavy (non-hydrogen) atoms. The van der Waals surface area contributed by atoms with Gasteiger partial charge in [-0.15, -0.1) is 0 Å². The lowest BCUT2D eigenvalue weighted by molar-refractivity contribution is -0.387. The highest BCUT2D eigenvalue weighted by molar-refractivity contribution is 7.89. The van der Waals surface area contributed by atoms with Gasteiger partial charge in [-0.05, 0) is 13.0 Å². The van der Waals surface area contributed by atoms with Crippen molar-refractivity contribution >= 4 is 15.7 Å². The molecule has 0 saturated heterocycles. The van der Waals surface area contributed by atoms with E-state index in [1.165, 1.54) is 6.92 Å². The van der Waals surface area contributed by atoms with Crippen molar-refractivity contribution in [3.05, 3.63) is 34.1 Å². The molecular formula is C9H11FN2O5S. The molecule has 1 aromatic carbocycles. The van der Waals surface area contributed by atoms with Gasteiger partial charge in [-0.3, -0.25) is 10.1 Å². The van der Waals surface area contributed by atoms with Gasteiger partial charge in [0.2, 0.25) is 15.8 Å². The maximum absolute atomic E-state index is 13.2. The van der Waals surface area contributed by atoms with Gasteiger partial charge >= 0.3 is 5.69 Å². The van der Waals surface area contributed by atoms with Gasteiger partial charge in [0.05, 0.1) is 15.9 Å². The Bertz CT molecular complexity index is 558. The number of aliphatic hydroxyl groups excluding tert-OH is 1. The molecule has 0 radical (unpaired) electrons. The number of aliphatic hydroxyl groups is 1. The second-order valence-corrected chi connectivity index (χ2v) is 5.34. The van der Waals surface area contributed by atoms with E-state index in [-0.39, 0.29) is 6.54 Å². The van der Waals surface area contributed by atoms with Gasteiger partial charge < -0.3 is 5.11 Å². The van der Waals surface area contributed by atoms with E-state index in [1.54, 1.807) is 0 Å². The molecule has 0 saturated carbocycles. The molecule has 0 fully saturated rings. The number of nitrogens with zero attached hydrogens (tertiary/aromatic N) is 1. The molecule has 7 nitrogen and oxygen atoms in total. The normalized spacial score (nSPS) is 13.3. The lowest BCUT2D eigenvalue weighted by atomic mass is 10.3. The Morgan fingerprint density at radius 2 is 2.17 bits per heavy atom. The van der Waals surface area contributed by atoms with E-state index in [1.807, 2.05) is 4.72 Å². The summed E-state index contributed by atoms with van der Waals surface area (Å²) in [6.45, 7) is 1.14. The average Bonchev–Trinajstić information content (AvgIpc) is 2.26. The molecule has 1 rings (SSSR count). The SMILES string of the molecule is C[C@@H](O)CNS(=O)(=O)c1ccc([N+](=O)[O-])c(F)c1. The quantitative estimate of drug-likeness (QED) is 0.598. The highest BCUT2D eigenvalue weighted by atomic mass is 32.2. The third kappa shape index (κ3) is 3.45. The van der Waals surface area contributed by atoms with Crippen molar-refractivity contribution in [2.75, 3.05) is 6.54 Å². The van der Waals surface area contributed by atoms with Crippen molar-refractivity contribution in [3.63, 3.8) is 0 Å². The fourth-order valence-corrected chi connectivity index (χ4v) is 2.25. The van der Waals surface area contributed by atoms with Crippen LogP contribution in [0.4, 0.5) is 10.1 Å². The van der Waals surface area contributed by atoms with Crippen LogP contribution in [-0.2, 0) is 10.0 Å². The largest absolute Gasteiger partial charge is 0.392 e. The second-order valence-electron chi connectivity index (χ2n) is 3.57. The number of rotatable bonds is 5. The average molecular weight is 278 g/mol. The van der Waals surface area contributed by atoms with Crippen molar-refractivity contribution in [1.82, 2.24) is 4.72 Å². The molecule has 100 valence electrons. The van der Waals surface area contributed by atoms with E-state index in [4.69, 9.17) is 5.11 Å². The zero-order chi connectivity index (χ0) is 13.9. The maximum Gasteiger partial charge on any atom is 0.304 e. The fourth-order valence-electron chi connectivity index (χ4n) is 1.12. The number of nitro benzene ring substituents is 1. The first-order chi connectivity index (χ1) is 8.24. The molecule has 0 spiro atoms. The summed E-state index contributed by atoms with van der Waals surface area (Å²) in [7, 11) is -3.99. The van der Waals surface area contributed by atoms with Gasteiger partial charge in [-0.1, -0.05) is 0 Å². The summed E-state index contributed by atoms with van der Waals surface area (Å²) < 4.78 is 38.5. The van der Waals surface area contributed by atoms with Crippen LogP contribution in [0.5, 0.6) is 0 Å². The van der Waals surface area contributed by atoms with Crippen LogP contribution in [0.2, 0.25) is 0 Å². The Morgan fingerprint density at radius 3 is 2.61 bits per heavy atom. The molecule has 9 heteroatoms. The van der Waals surface area contributed by atoms with Crippen LogP contribution in [0.25, 0.3) is 0 Å². The molecule has 2 N–H and O–H groups in total. The van der Waals surface area contributed by atoms with Crippen LogP contribution >= 0.6 is 0 Å². The molecule has 0 aliphatic carbocycles. The van der Waals surface area contributed by atoms with E-state index in [9.17, 15) is 22.9 Å². The van der Waals surface area contributed by atoms with Gasteiger partial charge in [-0.25, -0.2) is 13.1 Å². The number of hydrogen-bond acceptors (Lipinski definition) is 5. The summed E-state index contributed by atoms with van der Waals surface area (Å²) in [6.07, 6.45) is -0.900. The van der Waals surface area contributed by atoms with Crippen LogP contribution in [0.15, 0.2) is 23.1 Å². The van der Waals surface area contributed by atoms with E-state index >= 15 is 0 Å². The molecule has 0 unspecified atom stereocenters. The molecule has 0 amide bonds. The van der Waals surface area contributed by atoms with Gasteiger partial charge in [-0.2, -0.15) is 4.39 Å². The number of halogens is 1. The Kier molecular flexibility index (Phi) is 4.33. The summed E-state index contributed by atoms with van der Waals surface area (Å²) in [4.78, 5) is 8.98. The fraction of sp³-hybridized carbons (Fsp3) is 0.333. The Labute approximate surface area is 102 Å². The number of nitro groups is 1. The molecule has 0 heterocycles. The summed E-state index contributed by atoms with van der Waals surface area (Å²) in [5.41, 5.74) is -0.801. The van der Waals surface area contributed by atoms with Crippen LogP contribution in [0, 0.1) is 15.9 Å². The minimum Gasteiger partial charge on any atom is -0.392 e. The molecular weight excluding hydrogens is 267 g/mol. The van der Waals surface area contributed by atoms with Crippen molar-refractivity contribution in [2.24, 2.45) is 0 Å². The third-order valence-electron chi connectivity index (χ3n) is 1.99. The van der Waals surface area contributed by atoms with E-state index < -0.39 is 37.5 Å². The highest BCUT2D eigenvalue weighted by Crippen LogP contribution is 2.20. The van der Waals surface area contributed by atoms with Crippen LogP contribution < -0.4 is 4.72 Å². The maximum atomic E-state index is 13.2. The first-order valence-corrected chi connectivity index (χ1v) is 6.34. The zero-order valence-electron chi connectivity index (χ0n) is 9.33. The molecule has 1 aromatic rings. The van der Waals surface area contributed by atoms with Crippen LogP contribution in [0.3, 0.4) is 0 Å². The number of sulfonamides is 1. The Balaban J connectivity index is 3.04.